The first-order chi connectivity index (χ1) is 8.02. The molecule has 1 amide bonds. The van der Waals surface area contributed by atoms with Gasteiger partial charge in [-0.05, 0) is 19.5 Å². The summed E-state index contributed by atoms with van der Waals surface area (Å²) in [6.07, 6.45) is 0. The first-order valence-electron chi connectivity index (χ1n) is 5.29. The van der Waals surface area contributed by atoms with Gasteiger partial charge < -0.3 is 15.6 Å². The molecule has 1 heterocycles. The molecule has 0 aliphatic heterocycles. The summed E-state index contributed by atoms with van der Waals surface area (Å²) in [7, 11) is 1.83. The lowest BCUT2D eigenvalue weighted by atomic mass is 10.2. The van der Waals surface area contributed by atoms with E-state index in [0.29, 0.717) is 6.54 Å². The smallest absolute Gasteiger partial charge is 0.326 e. The largest absolute Gasteiger partial charge is 0.350 e. The standard InChI is InChI=1S/C10H16N4O3/c1-6(4-11-2)5-12-9(16)7-3-8(15)14-10(17)13-7/h3,6,11H,4-5H2,1-2H3,(H,12,16)(H2,13,14,15,17). The van der Waals surface area contributed by atoms with Gasteiger partial charge in [0.15, 0.2) is 0 Å². The van der Waals surface area contributed by atoms with E-state index in [9.17, 15) is 14.4 Å². The highest BCUT2D eigenvalue weighted by atomic mass is 16.2. The van der Waals surface area contributed by atoms with Crippen molar-refractivity contribution in [3.8, 4) is 0 Å². The van der Waals surface area contributed by atoms with Crippen LogP contribution in [0, 0.1) is 5.92 Å². The first-order valence-corrected chi connectivity index (χ1v) is 5.29. The highest BCUT2D eigenvalue weighted by Crippen LogP contribution is 1.91. The predicted octanol–water partition coefficient (Wildman–Crippen LogP) is -1.35. The number of amides is 1. The number of nitrogens with one attached hydrogen (secondary N) is 4. The van der Waals surface area contributed by atoms with Gasteiger partial charge in [0.05, 0.1) is 0 Å². The highest BCUT2D eigenvalue weighted by Gasteiger charge is 2.09. The molecule has 4 N–H and O–H groups in total. The van der Waals surface area contributed by atoms with Gasteiger partial charge >= 0.3 is 5.69 Å². The van der Waals surface area contributed by atoms with E-state index in [2.05, 4.69) is 15.6 Å². The molecule has 7 heteroatoms. The molecule has 0 bridgehead atoms. The summed E-state index contributed by atoms with van der Waals surface area (Å²) in [6, 6.07) is 1.06. The molecule has 1 unspecified atom stereocenters. The van der Waals surface area contributed by atoms with E-state index in [0.717, 1.165) is 12.6 Å². The third-order valence-electron chi connectivity index (χ3n) is 2.17. The minimum atomic E-state index is -0.689. The predicted molar refractivity (Wildman–Crippen MR) is 63.1 cm³/mol. The molecule has 1 aromatic rings. The number of carbonyl (C=O) groups excluding carboxylic acids is 1. The molecule has 0 spiro atoms. The molecule has 17 heavy (non-hydrogen) atoms. The number of aromatic nitrogens is 2. The third-order valence-corrected chi connectivity index (χ3v) is 2.17. The first kappa shape index (κ1) is 13.2. The maximum atomic E-state index is 11.6. The van der Waals surface area contributed by atoms with Gasteiger partial charge in [-0.15, -0.1) is 0 Å². The molecule has 0 fully saturated rings. The van der Waals surface area contributed by atoms with Crippen LogP contribution in [0.1, 0.15) is 17.4 Å². The second kappa shape index (κ2) is 6.00. The lowest BCUT2D eigenvalue weighted by Crippen LogP contribution is -2.35. The maximum Gasteiger partial charge on any atom is 0.326 e. The average Bonchev–Trinajstić information content (AvgIpc) is 2.25. The summed E-state index contributed by atoms with van der Waals surface area (Å²) in [5, 5.41) is 5.62. The molecule has 1 atom stereocenters. The van der Waals surface area contributed by atoms with Crippen molar-refractivity contribution in [2.45, 2.75) is 6.92 Å². The van der Waals surface area contributed by atoms with Crippen molar-refractivity contribution in [2.24, 2.45) is 5.92 Å². The Hall–Kier alpha value is -1.89. The summed E-state index contributed by atoms with van der Waals surface area (Å²) in [6.45, 7) is 3.21. The van der Waals surface area contributed by atoms with Crippen LogP contribution in [-0.2, 0) is 0 Å². The van der Waals surface area contributed by atoms with Crippen molar-refractivity contribution in [3.63, 3.8) is 0 Å². The maximum absolute atomic E-state index is 11.6. The molecular weight excluding hydrogens is 224 g/mol. The van der Waals surface area contributed by atoms with Crippen LogP contribution in [0.15, 0.2) is 15.7 Å². The second-order valence-electron chi connectivity index (χ2n) is 3.87. The topological polar surface area (TPSA) is 107 Å². The molecule has 94 valence electrons. The quantitative estimate of drug-likeness (QED) is 0.510. The zero-order valence-corrected chi connectivity index (χ0v) is 9.79. The van der Waals surface area contributed by atoms with Gasteiger partial charge in [-0.25, -0.2) is 4.79 Å². The number of hydrogen-bond donors (Lipinski definition) is 4. The van der Waals surface area contributed by atoms with Crippen LogP contribution in [0.5, 0.6) is 0 Å². The normalized spacial score (nSPS) is 12.1. The summed E-state index contributed by atoms with van der Waals surface area (Å²) in [5.74, 6) is -0.200. The van der Waals surface area contributed by atoms with Gasteiger partial charge in [-0.2, -0.15) is 0 Å². The van der Waals surface area contributed by atoms with Crippen LogP contribution >= 0.6 is 0 Å². The summed E-state index contributed by atoms with van der Waals surface area (Å²) in [4.78, 5) is 37.8. The van der Waals surface area contributed by atoms with E-state index in [1.165, 1.54) is 0 Å². The molecule has 7 nitrogen and oxygen atoms in total. The van der Waals surface area contributed by atoms with Gasteiger partial charge in [0.25, 0.3) is 11.5 Å². The SMILES string of the molecule is CNCC(C)CNC(=O)c1cc(=O)[nH]c(=O)[nH]1. The van der Waals surface area contributed by atoms with Crippen LogP contribution in [0.3, 0.4) is 0 Å². The number of aromatic amines is 2. The Kier molecular flexibility index (Phi) is 4.65. The van der Waals surface area contributed by atoms with E-state index in [4.69, 9.17) is 0 Å². The fraction of sp³-hybridized carbons (Fsp3) is 0.500. The van der Waals surface area contributed by atoms with Crippen molar-refractivity contribution in [2.75, 3.05) is 20.1 Å². The van der Waals surface area contributed by atoms with Gasteiger partial charge in [0, 0.05) is 12.6 Å². The molecular formula is C10H16N4O3. The van der Waals surface area contributed by atoms with E-state index in [1.54, 1.807) is 0 Å². The lowest BCUT2D eigenvalue weighted by Gasteiger charge is -2.11. The Morgan fingerprint density at radius 1 is 1.35 bits per heavy atom. The van der Waals surface area contributed by atoms with E-state index < -0.39 is 17.2 Å². The lowest BCUT2D eigenvalue weighted by molar-refractivity contribution is 0.0942. The summed E-state index contributed by atoms with van der Waals surface area (Å²) >= 11 is 0. The Bertz CT molecular complexity index is 463. The number of carbonyl (C=O) groups is 1. The molecule has 1 rings (SSSR count). The van der Waals surface area contributed by atoms with Crippen molar-refractivity contribution < 1.29 is 4.79 Å². The van der Waals surface area contributed by atoms with Crippen molar-refractivity contribution in [1.29, 1.82) is 0 Å². The van der Waals surface area contributed by atoms with Crippen LogP contribution in [-0.4, -0.2) is 36.0 Å². The molecule has 0 radical (unpaired) electrons. The van der Waals surface area contributed by atoms with Crippen molar-refractivity contribution in [1.82, 2.24) is 20.6 Å². The van der Waals surface area contributed by atoms with Crippen molar-refractivity contribution >= 4 is 5.91 Å². The monoisotopic (exact) mass is 240 g/mol. The zero-order chi connectivity index (χ0) is 12.8. The Balaban J connectivity index is 2.64. The highest BCUT2D eigenvalue weighted by molar-refractivity contribution is 5.91. The van der Waals surface area contributed by atoms with E-state index >= 15 is 0 Å². The zero-order valence-electron chi connectivity index (χ0n) is 9.79. The van der Waals surface area contributed by atoms with Crippen LogP contribution in [0.4, 0.5) is 0 Å². The molecule has 0 aliphatic rings. The Morgan fingerprint density at radius 3 is 2.65 bits per heavy atom. The number of H-pyrrole nitrogens is 2. The van der Waals surface area contributed by atoms with Crippen LogP contribution in [0.2, 0.25) is 0 Å². The summed E-state index contributed by atoms with van der Waals surface area (Å²) in [5.41, 5.74) is -1.32. The van der Waals surface area contributed by atoms with Gasteiger partial charge in [0.1, 0.15) is 5.69 Å². The van der Waals surface area contributed by atoms with Gasteiger partial charge in [0.2, 0.25) is 0 Å². The number of rotatable bonds is 5. The van der Waals surface area contributed by atoms with Crippen LogP contribution < -0.4 is 21.9 Å². The average molecular weight is 240 g/mol. The molecule has 1 aromatic heterocycles. The second-order valence-corrected chi connectivity index (χ2v) is 3.87. The molecule has 0 saturated heterocycles. The fourth-order valence-electron chi connectivity index (χ4n) is 1.37. The third kappa shape index (κ3) is 4.23. The molecule has 0 aliphatic carbocycles. The van der Waals surface area contributed by atoms with Crippen LogP contribution in [0.25, 0.3) is 0 Å². The minimum Gasteiger partial charge on any atom is -0.350 e. The van der Waals surface area contributed by atoms with Gasteiger partial charge in [-0.1, -0.05) is 6.92 Å². The van der Waals surface area contributed by atoms with Crippen molar-refractivity contribution in [3.05, 3.63) is 32.6 Å². The Morgan fingerprint density at radius 2 is 2.06 bits per heavy atom. The fourth-order valence-corrected chi connectivity index (χ4v) is 1.37. The number of hydrogen-bond acceptors (Lipinski definition) is 4. The van der Waals surface area contributed by atoms with Gasteiger partial charge in [-0.3, -0.25) is 14.6 Å². The van der Waals surface area contributed by atoms with E-state index in [1.807, 2.05) is 19.0 Å². The molecule has 0 saturated carbocycles. The van der Waals surface area contributed by atoms with E-state index in [-0.39, 0.29) is 11.6 Å². The molecule has 0 aromatic carbocycles. The Labute approximate surface area is 97.6 Å². The minimum absolute atomic E-state index is 0.0320. The summed E-state index contributed by atoms with van der Waals surface area (Å²) < 4.78 is 0.